The summed E-state index contributed by atoms with van der Waals surface area (Å²) in [5.74, 6) is -1.02. The fourth-order valence-corrected chi connectivity index (χ4v) is 4.81. The van der Waals surface area contributed by atoms with Gasteiger partial charge >= 0.3 is 0 Å². The monoisotopic (exact) mass is 414 g/mol. The van der Waals surface area contributed by atoms with Crippen LogP contribution < -0.4 is 9.80 Å². The minimum absolute atomic E-state index is 0.0148. The zero-order chi connectivity index (χ0) is 20.8. The van der Waals surface area contributed by atoms with Crippen molar-refractivity contribution in [3.63, 3.8) is 0 Å². The minimum Gasteiger partial charge on any atom is -0.378 e. The molecule has 8 heteroatoms. The Morgan fingerprint density at radius 3 is 2.07 bits per heavy atom. The SMILES string of the molecule is CC(C)S(=O)(=O)c1ccc(N2CCOCC2)cc1N1C(=O)c2ccccc2C1=O. The Kier molecular flexibility index (Phi) is 4.92. The van der Waals surface area contributed by atoms with Crippen LogP contribution in [0.15, 0.2) is 47.4 Å². The molecule has 0 bridgehead atoms. The second kappa shape index (κ2) is 7.27. The first-order chi connectivity index (χ1) is 13.8. The quantitative estimate of drug-likeness (QED) is 0.715. The summed E-state index contributed by atoms with van der Waals surface area (Å²) in [4.78, 5) is 29.1. The highest BCUT2D eigenvalue weighted by molar-refractivity contribution is 7.92. The molecule has 2 aliphatic rings. The summed E-state index contributed by atoms with van der Waals surface area (Å²) < 4.78 is 31.4. The number of imide groups is 1. The molecule has 1 fully saturated rings. The molecule has 0 atom stereocenters. The predicted octanol–water partition coefficient (Wildman–Crippen LogP) is 2.51. The van der Waals surface area contributed by atoms with E-state index in [9.17, 15) is 18.0 Å². The number of rotatable bonds is 4. The number of sulfone groups is 1. The van der Waals surface area contributed by atoms with Crippen molar-refractivity contribution in [1.82, 2.24) is 0 Å². The van der Waals surface area contributed by atoms with Gasteiger partial charge in [-0.05, 0) is 44.2 Å². The Morgan fingerprint density at radius 1 is 0.931 bits per heavy atom. The van der Waals surface area contributed by atoms with Gasteiger partial charge in [-0.15, -0.1) is 0 Å². The average molecular weight is 414 g/mol. The molecule has 0 N–H and O–H groups in total. The van der Waals surface area contributed by atoms with Crippen molar-refractivity contribution in [1.29, 1.82) is 0 Å². The molecule has 0 radical (unpaired) electrons. The molecule has 0 unspecified atom stereocenters. The van der Waals surface area contributed by atoms with E-state index in [-0.39, 0.29) is 21.7 Å². The van der Waals surface area contributed by atoms with Gasteiger partial charge in [-0.1, -0.05) is 12.1 Å². The van der Waals surface area contributed by atoms with Gasteiger partial charge in [-0.25, -0.2) is 13.3 Å². The van der Waals surface area contributed by atoms with Crippen LogP contribution in [0.2, 0.25) is 0 Å². The summed E-state index contributed by atoms with van der Waals surface area (Å²) in [6, 6.07) is 11.4. The molecule has 0 aliphatic carbocycles. The molecule has 0 spiro atoms. The van der Waals surface area contributed by atoms with E-state index in [4.69, 9.17) is 4.74 Å². The normalized spacial score (nSPS) is 17.2. The number of amides is 2. The molecule has 0 aromatic heterocycles. The molecule has 1 saturated heterocycles. The maximum Gasteiger partial charge on any atom is 0.266 e. The molecular weight excluding hydrogens is 392 g/mol. The zero-order valence-electron chi connectivity index (χ0n) is 16.3. The predicted molar refractivity (Wildman–Crippen MR) is 109 cm³/mol. The van der Waals surface area contributed by atoms with Crippen molar-refractivity contribution in [2.24, 2.45) is 0 Å². The second-order valence-corrected chi connectivity index (χ2v) is 9.81. The van der Waals surface area contributed by atoms with Crippen molar-refractivity contribution in [3.8, 4) is 0 Å². The third-order valence-electron chi connectivity index (χ3n) is 5.28. The Bertz CT molecular complexity index is 1050. The molecule has 2 aromatic rings. The van der Waals surface area contributed by atoms with Gasteiger partial charge in [0.05, 0.1) is 40.2 Å². The summed E-state index contributed by atoms with van der Waals surface area (Å²) in [7, 11) is -3.72. The first-order valence-corrected chi connectivity index (χ1v) is 11.1. The van der Waals surface area contributed by atoms with E-state index in [1.165, 1.54) is 6.07 Å². The summed E-state index contributed by atoms with van der Waals surface area (Å²) in [6.07, 6.45) is 0. The van der Waals surface area contributed by atoms with Crippen LogP contribution in [0, 0.1) is 0 Å². The molecule has 0 saturated carbocycles. The van der Waals surface area contributed by atoms with Crippen molar-refractivity contribution < 1.29 is 22.7 Å². The van der Waals surface area contributed by atoms with Crippen LogP contribution in [0.1, 0.15) is 34.6 Å². The maximum atomic E-state index is 13.0. The number of hydrogen-bond donors (Lipinski definition) is 0. The van der Waals surface area contributed by atoms with Crippen LogP contribution in [0.25, 0.3) is 0 Å². The standard InChI is InChI=1S/C21H22N2O5S/c1-14(2)29(26,27)19-8-7-15(22-9-11-28-12-10-22)13-18(19)23-20(24)16-5-3-4-6-17(16)21(23)25/h3-8,13-14H,9-12H2,1-2H3. The second-order valence-electron chi connectivity index (χ2n) is 7.34. The summed E-state index contributed by atoms with van der Waals surface area (Å²) >= 11 is 0. The number of carbonyl (C=O) groups excluding carboxylic acids is 2. The average Bonchev–Trinajstić information content (AvgIpc) is 2.98. The fraction of sp³-hybridized carbons (Fsp3) is 0.333. The topological polar surface area (TPSA) is 84.0 Å². The summed E-state index contributed by atoms with van der Waals surface area (Å²) in [6.45, 7) is 5.59. The number of benzene rings is 2. The third kappa shape index (κ3) is 3.22. The molecule has 2 aliphatic heterocycles. The van der Waals surface area contributed by atoms with Gasteiger partial charge in [0.2, 0.25) is 0 Å². The molecule has 7 nitrogen and oxygen atoms in total. The Balaban J connectivity index is 1.88. The number of carbonyl (C=O) groups is 2. The fourth-order valence-electron chi connectivity index (χ4n) is 3.60. The molecule has 2 amide bonds. The lowest BCUT2D eigenvalue weighted by Gasteiger charge is -2.30. The largest absolute Gasteiger partial charge is 0.378 e. The van der Waals surface area contributed by atoms with Crippen LogP contribution in [0.4, 0.5) is 11.4 Å². The molecule has 2 heterocycles. The van der Waals surface area contributed by atoms with E-state index >= 15 is 0 Å². The molecule has 29 heavy (non-hydrogen) atoms. The van der Waals surface area contributed by atoms with Gasteiger partial charge in [0.1, 0.15) is 0 Å². The van der Waals surface area contributed by atoms with Crippen molar-refractivity contribution in [3.05, 3.63) is 53.6 Å². The number of ether oxygens (including phenoxy) is 1. The van der Waals surface area contributed by atoms with Gasteiger partial charge in [0.25, 0.3) is 11.8 Å². The summed E-state index contributed by atoms with van der Waals surface area (Å²) in [5.41, 5.74) is 1.42. The smallest absolute Gasteiger partial charge is 0.266 e. The first kappa shape index (κ1) is 19.6. The highest BCUT2D eigenvalue weighted by atomic mass is 32.2. The first-order valence-electron chi connectivity index (χ1n) is 9.51. The molecule has 152 valence electrons. The van der Waals surface area contributed by atoms with Crippen LogP contribution in [0.3, 0.4) is 0 Å². The lowest BCUT2D eigenvalue weighted by molar-refractivity contribution is 0.0925. The van der Waals surface area contributed by atoms with Gasteiger partial charge in [-0.2, -0.15) is 0 Å². The molecule has 4 rings (SSSR count). The van der Waals surface area contributed by atoms with Crippen molar-refractivity contribution in [2.45, 2.75) is 24.0 Å². The van der Waals surface area contributed by atoms with Crippen LogP contribution in [0.5, 0.6) is 0 Å². The van der Waals surface area contributed by atoms with Gasteiger partial charge < -0.3 is 9.64 Å². The van der Waals surface area contributed by atoms with Gasteiger partial charge in [0, 0.05) is 18.8 Å². The van der Waals surface area contributed by atoms with E-state index in [1.807, 2.05) is 0 Å². The number of nitrogens with zero attached hydrogens (tertiary/aromatic N) is 2. The van der Waals surface area contributed by atoms with E-state index in [1.54, 1.807) is 50.2 Å². The summed E-state index contributed by atoms with van der Waals surface area (Å²) in [5, 5.41) is -0.689. The Morgan fingerprint density at radius 2 is 1.52 bits per heavy atom. The number of fused-ring (bicyclic) bond motifs is 1. The van der Waals surface area contributed by atoms with E-state index in [2.05, 4.69) is 4.90 Å². The lowest BCUT2D eigenvalue weighted by atomic mass is 10.1. The minimum atomic E-state index is -3.72. The highest BCUT2D eigenvalue weighted by Crippen LogP contribution is 2.37. The number of morpholine rings is 1. The van der Waals surface area contributed by atoms with E-state index < -0.39 is 26.9 Å². The molecule has 2 aromatic carbocycles. The van der Waals surface area contributed by atoms with Crippen molar-refractivity contribution in [2.75, 3.05) is 36.1 Å². The third-order valence-corrected chi connectivity index (χ3v) is 7.48. The van der Waals surface area contributed by atoms with Crippen LogP contribution in [-0.2, 0) is 14.6 Å². The van der Waals surface area contributed by atoms with E-state index in [0.29, 0.717) is 26.3 Å². The Hall–Kier alpha value is -2.71. The van der Waals surface area contributed by atoms with Gasteiger partial charge in [-0.3, -0.25) is 9.59 Å². The number of anilines is 2. The highest BCUT2D eigenvalue weighted by Gasteiger charge is 2.39. The van der Waals surface area contributed by atoms with Gasteiger partial charge in [0.15, 0.2) is 9.84 Å². The Labute approximate surface area is 169 Å². The zero-order valence-corrected chi connectivity index (χ0v) is 17.1. The van der Waals surface area contributed by atoms with Crippen LogP contribution >= 0.6 is 0 Å². The van der Waals surface area contributed by atoms with Crippen LogP contribution in [-0.4, -0.2) is 51.8 Å². The molecular formula is C21H22N2O5S. The lowest BCUT2D eigenvalue weighted by Crippen LogP contribution is -2.37. The van der Waals surface area contributed by atoms with Crippen molar-refractivity contribution >= 4 is 33.0 Å². The maximum absolute atomic E-state index is 13.0. The van der Waals surface area contributed by atoms with E-state index in [0.717, 1.165) is 10.6 Å². The number of hydrogen-bond acceptors (Lipinski definition) is 6.